The number of halogens is 2. The molecule has 7 heteroatoms. The Morgan fingerprint density at radius 1 is 1.19 bits per heavy atom. The van der Waals surface area contributed by atoms with Crippen molar-refractivity contribution in [1.82, 2.24) is 5.32 Å². The van der Waals surface area contributed by atoms with Crippen molar-refractivity contribution >= 4 is 40.9 Å². The summed E-state index contributed by atoms with van der Waals surface area (Å²) in [5.74, 6) is 0.147. The Bertz CT molecular complexity index is 738. The van der Waals surface area contributed by atoms with Crippen LogP contribution in [0.15, 0.2) is 47.4 Å². The molecule has 0 saturated heterocycles. The molecule has 26 heavy (non-hydrogen) atoms. The smallest absolute Gasteiger partial charge is 0.251 e. The van der Waals surface area contributed by atoms with Crippen LogP contribution >= 0.6 is 35.0 Å². The largest absolute Gasteiger partial charge is 0.489 e. The topological polar surface area (TPSA) is 58.6 Å². The Morgan fingerprint density at radius 3 is 2.54 bits per heavy atom. The summed E-state index contributed by atoms with van der Waals surface area (Å²) in [4.78, 5) is 13.3. The standard InChI is InChI=1S/C19H21Cl2NO3S/c1-12(2)26-15-8-6-13(7-9-15)19(24)22-10-14(23)11-25-17-5-3-4-16(20)18(17)21/h3-9,12,14,23H,10-11H2,1-2H3,(H,22,24). The number of aliphatic hydroxyl groups excluding tert-OH is 1. The molecule has 140 valence electrons. The molecule has 0 aliphatic carbocycles. The predicted octanol–water partition coefficient (Wildman–Crippen LogP) is 4.66. The van der Waals surface area contributed by atoms with E-state index >= 15 is 0 Å². The van der Waals surface area contributed by atoms with E-state index in [-0.39, 0.29) is 19.1 Å². The first-order chi connectivity index (χ1) is 12.4. The van der Waals surface area contributed by atoms with Gasteiger partial charge in [-0.3, -0.25) is 4.79 Å². The van der Waals surface area contributed by atoms with E-state index in [4.69, 9.17) is 27.9 Å². The van der Waals surface area contributed by atoms with E-state index < -0.39 is 6.10 Å². The van der Waals surface area contributed by atoms with E-state index in [2.05, 4.69) is 19.2 Å². The highest BCUT2D eigenvalue weighted by atomic mass is 35.5. The van der Waals surface area contributed by atoms with Crippen molar-refractivity contribution < 1.29 is 14.6 Å². The number of nitrogens with one attached hydrogen (secondary N) is 1. The van der Waals surface area contributed by atoms with Crippen molar-refractivity contribution in [2.24, 2.45) is 0 Å². The van der Waals surface area contributed by atoms with Gasteiger partial charge in [-0.15, -0.1) is 11.8 Å². The molecule has 1 amide bonds. The quantitative estimate of drug-likeness (QED) is 0.617. The number of carbonyl (C=O) groups excluding carboxylic acids is 1. The normalized spacial score (nSPS) is 12.1. The Balaban J connectivity index is 1.80. The maximum atomic E-state index is 12.1. The van der Waals surface area contributed by atoms with Crippen molar-refractivity contribution in [3.63, 3.8) is 0 Å². The van der Waals surface area contributed by atoms with Crippen LogP contribution in [0.5, 0.6) is 5.75 Å². The van der Waals surface area contributed by atoms with Crippen molar-refractivity contribution in [1.29, 1.82) is 0 Å². The average Bonchev–Trinajstić information content (AvgIpc) is 2.61. The third-order valence-corrected chi connectivity index (χ3v) is 5.15. The first-order valence-corrected chi connectivity index (χ1v) is 9.80. The lowest BCUT2D eigenvalue weighted by Gasteiger charge is -2.14. The lowest BCUT2D eigenvalue weighted by molar-refractivity contribution is 0.0844. The van der Waals surface area contributed by atoms with Gasteiger partial charge in [0.05, 0.1) is 5.02 Å². The minimum absolute atomic E-state index is 0.00961. The van der Waals surface area contributed by atoms with E-state index in [1.165, 1.54) is 0 Å². The lowest BCUT2D eigenvalue weighted by Crippen LogP contribution is -2.35. The number of benzene rings is 2. The molecule has 1 unspecified atom stereocenters. The molecule has 2 aromatic rings. The van der Waals surface area contributed by atoms with E-state index in [1.54, 1.807) is 42.1 Å². The number of hydrogen-bond acceptors (Lipinski definition) is 4. The zero-order valence-electron chi connectivity index (χ0n) is 14.5. The number of amides is 1. The van der Waals surface area contributed by atoms with Gasteiger partial charge in [-0.05, 0) is 36.4 Å². The monoisotopic (exact) mass is 413 g/mol. The Kier molecular flexibility index (Phi) is 8.10. The van der Waals surface area contributed by atoms with Crippen LogP contribution in [0.25, 0.3) is 0 Å². The van der Waals surface area contributed by atoms with Crippen molar-refractivity contribution in [2.45, 2.75) is 30.1 Å². The summed E-state index contributed by atoms with van der Waals surface area (Å²) >= 11 is 13.7. The SMILES string of the molecule is CC(C)Sc1ccc(C(=O)NCC(O)COc2cccc(Cl)c2Cl)cc1. The van der Waals surface area contributed by atoms with Gasteiger partial charge in [0.15, 0.2) is 0 Å². The highest BCUT2D eigenvalue weighted by Gasteiger charge is 2.12. The second kappa shape index (κ2) is 10.1. The highest BCUT2D eigenvalue weighted by molar-refractivity contribution is 7.99. The van der Waals surface area contributed by atoms with Crippen LogP contribution in [-0.4, -0.2) is 35.5 Å². The van der Waals surface area contributed by atoms with Crippen LogP contribution in [0.1, 0.15) is 24.2 Å². The molecule has 0 bridgehead atoms. The maximum Gasteiger partial charge on any atom is 0.251 e. The van der Waals surface area contributed by atoms with Gasteiger partial charge in [-0.1, -0.05) is 43.1 Å². The van der Waals surface area contributed by atoms with Gasteiger partial charge in [-0.2, -0.15) is 0 Å². The molecule has 0 aliphatic rings. The van der Waals surface area contributed by atoms with Crippen molar-refractivity contribution in [3.8, 4) is 5.75 Å². The van der Waals surface area contributed by atoms with E-state index in [0.717, 1.165) is 4.90 Å². The molecule has 0 radical (unpaired) electrons. The highest BCUT2D eigenvalue weighted by Crippen LogP contribution is 2.31. The fourth-order valence-electron chi connectivity index (χ4n) is 2.11. The fraction of sp³-hybridized carbons (Fsp3) is 0.316. The average molecular weight is 414 g/mol. The molecule has 1 atom stereocenters. The third kappa shape index (κ3) is 6.40. The molecule has 0 aromatic heterocycles. The first-order valence-electron chi connectivity index (χ1n) is 8.16. The molecule has 2 N–H and O–H groups in total. The van der Waals surface area contributed by atoms with Crippen LogP contribution in [0.3, 0.4) is 0 Å². The van der Waals surface area contributed by atoms with E-state index in [1.807, 2.05) is 12.1 Å². The molecule has 0 saturated carbocycles. The summed E-state index contributed by atoms with van der Waals surface area (Å²) in [6.07, 6.45) is -0.871. The zero-order valence-corrected chi connectivity index (χ0v) is 16.9. The number of rotatable bonds is 8. The van der Waals surface area contributed by atoms with Gasteiger partial charge in [0.25, 0.3) is 5.91 Å². The van der Waals surface area contributed by atoms with Gasteiger partial charge < -0.3 is 15.2 Å². The predicted molar refractivity (Wildman–Crippen MR) is 108 cm³/mol. The molecule has 2 aromatic carbocycles. The van der Waals surface area contributed by atoms with Gasteiger partial charge in [0, 0.05) is 22.3 Å². The van der Waals surface area contributed by atoms with Crippen LogP contribution in [-0.2, 0) is 0 Å². The molecular weight excluding hydrogens is 393 g/mol. The Morgan fingerprint density at radius 2 is 1.88 bits per heavy atom. The van der Waals surface area contributed by atoms with Gasteiger partial charge >= 0.3 is 0 Å². The maximum absolute atomic E-state index is 12.1. The number of carbonyl (C=O) groups is 1. The minimum Gasteiger partial charge on any atom is -0.489 e. The molecule has 0 aliphatic heterocycles. The van der Waals surface area contributed by atoms with Crippen LogP contribution < -0.4 is 10.1 Å². The van der Waals surface area contributed by atoms with Crippen molar-refractivity contribution in [3.05, 3.63) is 58.1 Å². The van der Waals surface area contributed by atoms with Gasteiger partial charge in [-0.25, -0.2) is 0 Å². The first kappa shape index (κ1) is 20.9. The lowest BCUT2D eigenvalue weighted by atomic mass is 10.2. The van der Waals surface area contributed by atoms with Crippen molar-refractivity contribution in [2.75, 3.05) is 13.2 Å². The molecule has 0 heterocycles. The second-order valence-electron chi connectivity index (χ2n) is 5.92. The third-order valence-electron chi connectivity index (χ3n) is 3.33. The van der Waals surface area contributed by atoms with Gasteiger partial charge in [0.2, 0.25) is 0 Å². The summed E-state index contributed by atoms with van der Waals surface area (Å²) < 4.78 is 5.45. The molecule has 0 fully saturated rings. The number of ether oxygens (including phenoxy) is 1. The van der Waals surface area contributed by atoms with E-state index in [9.17, 15) is 9.90 Å². The Labute approximate surface area is 167 Å². The van der Waals surface area contributed by atoms with E-state index in [0.29, 0.717) is 26.6 Å². The van der Waals surface area contributed by atoms with Gasteiger partial charge in [0.1, 0.15) is 23.5 Å². The molecule has 4 nitrogen and oxygen atoms in total. The zero-order chi connectivity index (χ0) is 19.1. The second-order valence-corrected chi connectivity index (χ2v) is 8.35. The van der Waals surface area contributed by atoms with Crippen LogP contribution in [0.4, 0.5) is 0 Å². The fourth-order valence-corrected chi connectivity index (χ4v) is 3.29. The molecule has 0 spiro atoms. The summed E-state index contributed by atoms with van der Waals surface area (Å²) in [7, 11) is 0. The summed E-state index contributed by atoms with van der Waals surface area (Å²) in [6, 6.07) is 12.4. The number of aliphatic hydroxyl groups is 1. The Hall–Kier alpha value is -1.40. The summed E-state index contributed by atoms with van der Waals surface area (Å²) in [5, 5.41) is 13.8. The number of thioether (sulfide) groups is 1. The minimum atomic E-state index is -0.871. The molecular formula is C19H21Cl2NO3S. The summed E-state index contributed by atoms with van der Waals surface area (Å²) in [6.45, 7) is 4.29. The van der Waals surface area contributed by atoms with Crippen LogP contribution in [0.2, 0.25) is 10.0 Å². The summed E-state index contributed by atoms with van der Waals surface area (Å²) in [5.41, 5.74) is 0.545. The number of hydrogen-bond donors (Lipinski definition) is 2. The van der Waals surface area contributed by atoms with Crippen LogP contribution in [0, 0.1) is 0 Å². The molecule has 2 rings (SSSR count).